The Hall–Kier alpha value is -3.05. The largest absolute Gasteiger partial charge is 0.488 e. The van der Waals surface area contributed by atoms with Crippen LogP contribution in [0.5, 0.6) is 5.75 Å². The van der Waals surface area contributed by atoms with E-state index >= 15 is 0 Å². The highest BCUT2D eigenvalue weighted by molar-refractivity contribution is 5.40. The van der Waals surface area contributed by atoms with E-state index in [1.54, 1.807) is 10.6 Å². The summed E-state index contributed by atoms with van der Waals surface area (Å²) >= 11 is 0. The average molecular weight is 482 g/mol. The molecule has 1 aromatic heterocycles. The summed E-state index contributed by atoms with van der Waals surface area (Å²) in [7, 11) is 0. The van der Waals surface area contributed by atoms with Crippen molar-refractivity contribution in [1.29, 1.82) is 5.26 Å². The first-order chi connectivity index (χ1) is 16.5. The van der Waals surface area contributed by atoms with Crippen LogP contribution in [-0.2, 0) is 6.42 Å². The van der Waals surface area contributed by atoms with Crippen molar-refractivity contribution in [2.75, 3.05) is 37.6 Å². The maximum atomic E-state index is 13.1. The van der Waals surface area contributed by atoms with Gasteiger partial charge in [-0.15, -0.1) is 0 Å². The van der Waals surface area contributed by atoms with Gasteiger partial charge in [0.25, 0.3) is 5.56 Å². The molecule has 0 amide bonds. The van der Waals surface area contributed by atoms with Gasteiger partial charge in [0.05, 0.1) is 12.5 Å². The average Bonchev–Trinajstić information content (AvgIpc) is 2.77. The zero-order chi connectivity index (χ0) is 25.8. The van der Waals surface area contributed by atoms with Crippen molar-refractivity contribution in [3.8, 4) is 11.8 Å². The zero-order valence-electron chi connectivity index (χ0n) is 22.0. The first-order valence-corrected chi connectivity index (χ1v) is 12.5. The summed E-state index contributed by atoms with van der Waals surface area (Å²) in [6.07, 6.45) is 1.23. The second-order valence-corrected chi connectivity index (χ2v) is 10.5. The number of benzene rings is 1. The van der Waals surface area contributed by atoms with Crippen molar-refractivity contribution in [3.05, 3.63) is 56.7 Å². The molecule has 190 valence electrons. The number of piperazine rings is 1. The Bertz CT molecular complexity index is 1160. The maximum Gasteiger partial charge on any atom is 0.333 e. The minimum absolute atomic E-state index is 0.0364. The standard InChI is InChI=1S/C27H39N5O3/c1-20(2)31-24(19-25(33)32(21(3)4)26(31)34)30-16-14-29(15-17-30)13-11-27(5,6)35-23-9-7-8-22(18-23)10-12-28/h7-9,18-21H,10-11,13-17H2,1-6H3. The van der Waals surface area contributed by atoms with Crippen LogP contribution in [0, 0.1) is 11.3 Å². The molecular weight excluding hydrogens is 442 g/mol. The molecule has 0 aliphatic carbocycles. The number of rotatable bonds is 9. The summed E-state index contributed by atoms with van der Waals surface area (Å²) in [4.78, 5) is 30.3. The number of hydrogen-bond donors (Lipinski definition) is 0. The highest BCUT2D eigenvalue weighted by Crippen LogP contribution is 2.24. The molecule has 0 bridgehead atoms. The normalized spacial score (nSPS) is 15.0. The number of nitriles is 1. The lowest BCUT2D eigenvalue weighted by atomic mass is 10.0. The summed E-state index contributed by atoms with van der Waals surface area (Å²) in [5.41, 5.74) is 0.134. The van der Waals surface area contributed by atoms with E-state index in [1.165, 1.54) is 4.57 Å². The second-order valence-electron chi connectivity index (χ2n) is 10.5. The summed E-state index contributed by atoms with van der Waals surface area (Å²) in [6.45, 7) is 16.0. The van der Waals surface area contributed by atoms with Gasteiger partial charge in [-0.3, -0.25) is 18.8 Å². The smallest absolute Gasteiger partial charge is 0.333 e. The molecule has 2 aromatic rings. The van der Waals surface area contributed by atoms with Crippen LogP contribution in [0.15, 0.2) is 39.9 Å². The highest BCUT2D eigenvalue weighted by Gasteiger charge is 2.26. The van der Waals surface area contributed by atoms with Gasteiger partial charge in [0.2, 0.25) is 0 Å². The molecule has 1 aliphatic heterocycles. The Balaban J connectivity index is 1.62. The van der Waals surface area contributed by atoms with Gasteiger partial charge in [-0.25, -0.2) is 4.79 Å². The number of hydrogen-bond acceptors (Lipinski definition) is 6. The van der Waals surface area contributed by atoms with E-state index in [0.717, 1.165) is 50.5 Å². The first kappa shape index (κ1) is 26.6. The van der Waals surface area contributed by atoms with Crippen LogP contribution >= 0.6 is 0 Å². The minimum Gasteiger partial charge on any atom is -0.488 e. The van der Waals surface area contributed by atoms with E-state index in [-0.39, 0.29) is 28.9 Å². The maximum absolute atomic E-state index is 13.1. The van der Waals surface area contributed by atoms with Crippen molar-refractivity contribution < 1.29 is 4.74 Å². The van der Waals surface area contributed by atoms with Gasteiger partial charge in [0.15, 0.2) is 0 Å². The molecule has 3 rings (SSSR count). The van der Waals surface area contributed by atoms with Crippen molar-refractivity contribution in [2.45, 2.75) is 72.1 Å². The van der Waals surface area contributed by atoms with Crippen LogP contribution in [0.3, 0.4) is 0 Å². The zero-order valence-corrected chi connectivity index (χ0v) is 22.0. The van der Waals surface area contributed by atoms with Crippen molar-refractivity contribution in [3.63, 3.8) is 0 Å². The van der Waals surface area contributed by atoms with E-state index in [2.05, 4.69) is 29.7 Å². The Morgan fingerprint density at radius 1 is 1.00 bits per heavy atom. The molecule has 1 aromatic carbocycles. The lowest BCUT2D eigenvalue weighted by Gasteiger charge is -2.38. The van der Waals surface area contributed by atoms with E-state index in [0.29, 0.717) is 12.2 Å². The molecule has 0 N–H and O–H groups in total. The number of ether oxygens (including phenoxy) is 1. The summed E-state index contributed by atoms with van der Waals surface area (Å²) in [5.74, 6) is 1.50. The third-order valence-electron chi connectivity index (χ3n) is 6.48. The number of nitrogens with zero attached hydrogens (tertiary/aromatic N) is 5. The number of anilines is 1. The van der Waals surface area contributed by atoms with Gasteiger partial charge < -0.3 is 9.64 Å². The predicted molar refractivity (Wildman–Crippen MR) is 139 cm³/mol. The van der Waals surface area contributed by atoms with Gasteiger partial charge >= 0.3 is 5.69 Å². The van der Waals surface area contributed by atoms with Crippen molar-refractivity contribution >= 4 is 5.82 Å². The topological polar surface area (TPSA) is 83.5 Å². The lowest BCUT2D eigenvalue weighted by Crippen LogP contribution is -2.51. The van der Waals surface area contributed by atoms with Crippen LogP contribution < -0.4 is 20.9 Å². The predicted octanol–water partition coefficient (Wildman–Crippen LogP) is 3.61. The van der Waals surface area contributed by atoms with Crippen molar-refractivity contribution in [2.24, 2.45) is 0 Å². The highest BCUT2D eigenvalue weighted by atomic mass is 16.5. The van der Waals surface area contributed by atoms with Crippen LogP contribution in [0.4, 0.5) is 5.82 Å². The lowest BCUT2D eigenvalue weighted by molar-refractivity contribution is 0.0820. The van der Waals surface area contributed by atoms with Crippen LogP contribution in [0.25, 0.3) is 0 Å². The third kappa shape index (κ3) is 6.55. The molecule has 2 heterocycles. The molecule has 1 fully saturated rings. The Morgan fingerprint density at radius 2 is 1.66 bits per heavy atom. The Morgan fingerprint density at radius 3 is 2.26 bits per heavy atom. The Labute approximate surface area is 208 Å². The number of aromatic nitrogens is 2. The van der Waals surface area contributed by atoms with Gasteiger partial charge in [0, 0.05) is 50.9 Å². The molecule has 0 unspecified atom stereocenters. The molecule has 8 nitrogen and oxygen atoms in total. The summed E-state index contributed by atoms with van der Waals surface area (Å²) in [5, 5.41) is 8.93. The second kappa shape index (κ2) is 11.1. The van der Waals surface area contributed by atoms with E-state index < -0.39 is 0 Å². The van der Waals surface area contributed by atoms with E-state index in [1.807, 2.05) is 52.0 Å². The van der Waals surface area contributed by atoms with E-state index in [9.17, 15) is 9.59 Å². The molecule has 1 saturated heterocycles. The Kier molecular flexibility index (Phi) is 8.44. The van der Waals surface area contributed by atoms with E-state index in [4.69, 9.17) is 10.00 Å². The fourth-order valence-corrected chi connectivity index (χ4v) is 4.57. The molecule has 0 saturated carbocycles. The van der Waals surface area contributed by atoms with Crippen LogP contribution in [0.1, 0.15) is 65.6 Å². The fourth-order valence-electron chi connectivity index (χ4n) is 4.57. The van der Waals surface area contributed by atoms with Crippen LogP contribution in [-0.4, -0.2) is 52.4 Å². The molecule has 0 spiro atoms. The van der Waals surface area contributed by atoms with Gasteiger partial charge in [-0.2, -0.15) is 5.26 Å². The van der Waals surface area contributed by atoms with Gasteiger partial charge in [-0.1, -0.05) is 12.1 Å². The molecule has 8 heteroatoms. The molecule has 1 aliphatic rings. The molecule has 0 radical (unpaired) electrons. The monoisotopic (exact) mass is 481 g/mol. The van der Waals surface area contributed by atoms with Crippen LogP contribution in [0.2, 0.25) is 0 Å². The summed E-state index contributed by atoms with van der Waals surface area (Å²) < 4.78 is 9.32. The third-order valence-corrected chi connectivity index (χ3v) is 6.48. The quantitative estimate of drug-likeness (QED) is 0.544. The molecule has 0 atom stereocenters. The first-order valence-electron chi connectivity index (χ1n) is 12.5. The minimum atomic E-state index is -0.345. The van der Waals surface area contributed by atoms with Gasteiger partial charge in [0.1, 0.15) is 17.2 Å². The fraction of sp³-hybridized carbons (Fsp3) is 0.593. The SMILES string of the molecule is CC(C)n1c(N2CCN(CCC(C)(C)Oc3cccc(CC#N)c3)CC2)cc(=O)n(C(C)C)c1=O. The molecular formula is C27H39N5O3. The van der Waals surface area contributed by atoms with Crippen molar-refractivity contribution in [1.82, 2.24) is 14.0 Å². The van der Waals surface area contributed by atoms with Gasteiger partial charge in [-0.05, 0) is 65.7 Å². The summed E-state index contributed by atoms with van der Waals surface area (Å²) in [6, 6.07) is 11.3. The molecule has 35 heavy (non-hydrogen) atoms.